The van der Waals surface area contributed by atoms with Crippen molar-refractivity contribution in [1.29, 1.82) is 0 Å². The maximum atomic E-state index is 12.8. The van der Waals surface area contributed by atoms with E-state index in [0.717, 1.165) is 22.4 Å². The number of amides is 2. The predicted octanol–water partition coefficient (Wildman–Crippen LogP) is 2.23. The standard InChI is InChI=1S/C21H23N3O4/c1-2-14(15-6-4-3-5-7-15)12-18(25)24-19(21(27)28)16(20(24)26)10-13-8-9-23-17(22)11-13/h3-9,11,14,16,19H,2,10,12H2,1H3,(H2,22,23)(H,27,28)/t14-,16+,19-/m0/s1. The number of carboxylic acid groups (broad SMARTS) is 1. The smallest absolute Gasteiger partial charge is 0.327 e. The number of benzene rings is 1. The average Bonchev–Trinajstić information content (AvgIpc) is 2.68. The number of hydrogen-bond donors (Lipinski definition) is 2. The van der Waals surface area contributed by atoms with Gasteiger partial charge in [0.25, 0.3) is 0 Å². The maximum absolute atomic E-state index is 12.8. The largest absolute Gasteiger partial charge is 0.480 e. The molecule has 1 saturated heterocycles. The van der Waals surface area contributed by atoms with E-state index >= 15 is 0 Å². The zero-order chi connectivity index (χ0) is 20.3. The molecule has 3 rings (SSSR count). The van der Waals surface area contributed by atoms with E-state index in [2.05, 4.69) is 4.98 Å². The molecular formula is C21H23N3O4. The number of nitrogens with two attached hydrogens (primary N) is 1. The number of imide groups is 1. The van der Waals surface area contributed by atoms with Crippen molar-refractivity contribution in [2.75, 3.05) is 5.73 Å². The number of aromatic nitrogens is 1. The molecular weight excluding hydrogens is 358 g/mol. The number of carbonyl (C=O) groups is 3. The Morgan fingerprint density at radius 2 is 1.96 bits per heavy atom. The first kappa shape index (κ1) is 19.5. The van der Waals surface area contributed by atoms with Gasteiger partial charge in [-0.25, -0.2) is 9.78 Å². The number of nitrogens with zero attached hydrogens (tertiary/aromatic N) is 2. The summed E-state index contributed by atoms with van der Waals surface area (Å²) in [6, 6.07) is 11.7. The predicted molar refractivity (Wildman–Crippen MR) is 103 cm³/mol. The number of rotatable bonds is 7. The van der Waals surface area contributed by atoms with E-state index in [4.69, 9.17) is 5.73 Å². The van der Waals surface area contributed by atoms with Crippen LogP contribution in [0.2, 0.25) is 0 Å². The second kappa shape index (κ2) is 8.21. The molecule has 1 aliphatic rings. The van der Waals surface area contributed by atoms with Crippen LogP contribution < -0.4 is 5.73 Å². The first-order valence-corrected chi connectivity index (χ1v) is 9.26. The van der Waals surface area contributed by atoms with Gasteiger partial charge in [0.15, 0.2) is 0 Å². The Hall–Kier alpha value is -3.22. The van der Waals surface area contributed by atoms with Gasteiger partial charge < -0.3 is 10.8 Å². The number of nitrogen functional groups attached to an aromatic ring is 1. The summed E-state index contributed by atoms with van der Waals surface area (Å²) in [4.78, 5) is 41.9. The highest BCUT2D eigenvalue weighted by Crippen LogP contribution is 2.33. The summed E-state index contributed by atoms with van der Waals surface area (Å²) >= 11 is 0. The third-order valence-corrected chi connectivity index (χ3v) is 5.22. The first-order chi connectivity index (χ1) is 13.4. The van der Waals surface area contributed by atoms with Crippen molar-refractivity contribution >= 4 is 23.6 Å². The molecule has 2 amide bonds. The molecule has 7 heteroatoms. The monoisotopic (exact) mass is 381 g/mol. The van der Waals surface area contributed by atoms with Crippen molar-refractivity contribution in [1.82, 2.24) is 9.88 Å². The van der Waals surface area contributed by atoms with Gasteiger partial charge in [0, 0.05) is 12.6 Å². The number of carboxylic acids is 1. The van der Waals surface area contributed by atoms with E-state index < -0.39 is 29.7 Å². The van der Waals surface area contributed by atoms with Crippen LogP contribution in [0.3, 0.4) is 0 Å². The fourth-order valence-corrected chi connectivity index (χ4v) is 3.72. The van der Waals surface area contributed by atoms with E-state index in [9.17, 15) is 19.5 Å². The highest BCUT2D eigenvalue weighted by atomic mass is 16.4. The Morgan fingerprint density at radius 1 is 1.25 bits per heavy atom. The van der Waals surface area contributed by atoms with Crippen LogP contribution in [0.1, 0.15) is 36.8 Å². The molecule has 1 aliphatic heterocycles. The Bertz CT molecular complexity index is 884. The third-order valence-electron chi connectivity index (χ3n) is 5.22. The summed E-state index contributed by atoms with van der Waals surface area (Å²) in [5, 5.41) is 9.60. The van der Waals surface area contributed by atoms with Gasteiger partial charge in [-0.15, -0.1) is 0 Å². The van der Waals surface area contributed by atoms with Crippen molar-refractivity contribution < 1.29 is 19.5 Å². The maximum Gasteiger partial charge on any atom is 0.327 e. The molecule has 0 spiro atoms. The quantitative estimate of drug-likeness (QED) is 0.711. The molecule has 3 N–H and O–H groups in total. The van der Waals surface area contributed by atoms with Gasteiger partial charge >= 0.3 is 5.97 Å². The number of pyridine rings is 1. The summed E-state index contributed by atoms with van der Waals surface area (Å²) in [7, 11) is 0. The fraction of sp³-hybridized carbons (Fsp3) is 0.333. The van der Waals surface area contributed by atoms with Crippen LogP contribution in [-0.4, -0.2) is 38.8 Å². The van der Waals surface area contributed by atoms with Gasteiger partial charge in [-0.1, -0.05) is 37.3 Å². The fourth-order valence-electron chi connectivity index (χ4n) is 3.72. The highest BCUT2D eigenvalue weighted by molar-refractivity contribution is 6.08. The van der Waals surface area contributed by atoms with Crippen molar-refractivity contribution in [3.8, 4) is 0 Å². The molecule has 0 bridgehead atoms. The zero-order valence-electron chi connectivity index (χ0n) is 15.6. The van der Waals surface area contributed by atoms with Gasteiger partial charge in [-0.2, -0.15) is 0 Å². The van der Waals surface area contributed by atoms with Crippen LogP contribution in [0.4, 0.5) is 5.82 Å². The molecule has 146 valence electrons. The van der Waals surface area contributed by atoms with E-state index in [0.29, 0.717) is 5.82 Å². The molecule has 0 radical (unpaired) electrons. The van der Waals surface area contributed by atoms with Crippen LogP contribution in [0.15, 0.2) is 48.7 Å². The number of likely N-dealkylation sites (tertiary alicyclic amines) is 1. The molecule has 7 nitrogen and oxygen atoms in total. The summed E-state index contributed by atoms with van der Waals surface area (Å²) in [5.41, 5.74) is 7.37. The first-order valence-electron chi connectivity index (χ1n) is 9.26. The van der Waals surface area contributed by atoms with Gasteiger partial charge in [-0.3, -0.25) is 14.5 Å². The minimum absolute atomic E-state index is 0.0602. The van der Waals surface area contributed by atoms with Crippen LogP contribution in [-0.2, 0) is 20.8 Å². The minimum Gasteiger partial charge on any atom is -0.480 e. The lowest BCUT2D eigenvalue weighted by molar-refractivity contribution is -0.177. The molecule has 1 fully saturated rings. The third kappa shape index (κ3) is 3.88. The zero-order valence-corrected chi connectivity index (χ0v) is 15.6. The second-order valence-electron chi connectivity index (χ2n) is 7.00. The topological polar surface area (TPSA) is 114 Å². The second-order valence-corrected chi connectivity index (χ2v) is 7.00. The van der Waals surface area contributed by atoms with E-state index in [1.54, 1.807) is 12.1 Å². The van der Waals surface area contributed by atoms with Crippen molar-refractivity contribution in [3.05, 3.63) is 59.8 Å². The summed E-state index contributed by atoms with van der Waals surface area (Å²) in [6.45, 7) is 1.97. The lowest BCUT2D eigenvalue weighted by Crippen LogP contribution is -2.66. The van der Waals surface area contributed by atoms with Crippen LogP contribution in [0.25, 0.3) is 0 Å². The molecule has 1 aromatic carbocycles. The SMILES string of the molecule is CC[C@@H](CC(=O)N1C(=O)[C@H](Cc2ccnc(N)c2)[C@H]1C(=O)O)c1ccccc1. The van der Waals surface area contributed by atoms with Crippen LogP contribution in [0, 0.1) is 5.92 Å². The van der Waals surface area contributed by atoms with E-state index in [-0.39, 0.29) is 18.8 Å². The number of aliphatic carboxylic acids is 1. The Kier molecular flexibility index (Phi) is 5.73. The summed E-state index contributed by atoms with van der Waals surface area (Å²) < 4.78 is 0. The van der Waals surface area contributed by atoms with Gasteiger partial charge in [0.2, 0.25) is 11.8 Å². The van der Waals surface area contributed by atoms with Gasteiger partial charge in [0.1, 0.15) is 11.9 Å². The number of hydrogen-bond acceptors (Lipinski definition) is 5. The molecule has 0 saturated carbocycles. The van der Waals surface area contributed by atoms with Crippen molar-refractivity contribution in [2.45, 2.75) is 38.1 Å². The average molecular weight is 381 g/mol. The van der Waals surface area contributed by atoms with Crippen LogP contribution in [0.5, 0.6) is 0 Å². The molecule has 28 heavy (non-hydrogen) atoms. The molecule has 0 aliphatic carbocycles. The van der Waals surface area contributed by atoms with Crippen molar-refractivity contribution in [2.24, 2.45) is 5.92 Å². The number of anilines is 1. The number of carbonyl (C=O) groups excluding carboxylic acids is 2. The normalized spacial score (nSPS) is 19.8. The minimum atomic E-state index is -1.17. The molecule has 1 aromatic heterocycles. The van der Waals surface area contributed by atoms with E-state index in [1.807, 2.05) is 37.3 Å². The van der Waals surface area contributed by atoms with Crippen molar-refractivity contribution in [3.63, 3.8) is 0 Å². The molecule has 2 aromatic rings. The lowest BCUT2D eigenvalue weighted by atomic mass is 9.81. The summed E-state index contributed by atoms with van der Waals surface area (Å²) in [6.07, 6.45) is 2.54. The summed E-state index contributed by atoms with van der Waals surface area (Å²) in [5.74, 6) is -2.60. The van der Waals surface area contributed by atoms with Gasteiger partial charge in [0.05, 0.1) is 5.92 Å². The Labute approximate surface area is 163 Å². The Morgan fingerprint density at radius 3 is 2.57 bits per heavy atom. The number of β-lactam (4-membered cyclic amide) rings is 1. The molecule has 3 atom stereocenters. The lowest BCUT2D eigenvalue weighted by Gasteiger charge is -2.43. The molecule has 2 heterocycles. The van der Waals surface area contributed by atoms with Gasteiger partial charge in [-0.05, 0) is 42.0 Å². The van der Waals surface area contributed by atoms with Crippen LogP contribution >= 0.6 is 0 Å². The Balaban J connectivity index is 1.73. The highest BCUT2D eigenvalue weighted by Gasteiger charge is 2.54. The van der Waals surface area contributed by atoms with E-state index in [1.165, 1.54) is 6.20 Å². The molecule has 0 unspecified atom stereocenters.